The van der Waals surface area contributed by atoms with E-state index >= 15 is 0 Å². The van der Waals surface area contributed by atoms with E-state index < -0.39 is 15.4 Å². The van der Waals surface area contributed by atoms with Crippen LogP contribution in [0.4, 0.5) is 10.6 Å². The Bertz CT molecular complexity index is 1390. The number of carbonyl (C=O) groups is 1. The molecule has 1 aliphatic rings. The Morgan fingerprint density at radius 1 is 1.16 bits per heavy atom. The van der Waals surface area contributed by atoms with Crippen LogP contribution in [0.1, 0.15) is 39.2 Å². The van der Waals surface area contributed by atoms with Crippen LogP contribution in [0.3, 0.4) is 0 Å². The molecule has 1 saturated heterocycles. The van der Waals surface area contributed by atoms with Crippen LogP contribution in [0.15, 0.2) is 30.6 Å². The Morgan fingerprint density at radius 2 is 1.82 bits per heavy atom. The number of hydrogen-bond donors (Lipinski definition) is 0. The first-order valence-electron chi connectivity index (χ1n) is 12.7. The fourth-order valence-corrected chi connectivity index (χ4v) is 5.88. The Labute approximate surface area is 237 Å². The molecule has 1 fully saturated rings. The smallest absolute Gasteiger partial charge is 0.410 e. The van der Waals surface area contributed by atoms with Gasteiger partial charge < -0.3 is 14.5 Å². The fourth-order valence-electron chi connectivity index (χ4n) is 4.57. The standard InChI is InChI=1S/C26H35IN6O4S/c1-26(2,3)37-25(34)32-13-10-19(11-14-32)16-31(4)23-21-22(27)30-33(24(21)29-17-28-23)20-8-6-18(7-9-20)12-15-38(5,35)36/h6-9,17,19H,10-16H2,1-5H3. The minimum Gasteiger partial charge on any atom is -0.444 e. The van der Waals surface area contributed by atoms with E-state index in [1.165, 1.54) is 6.26 Å². The summed E-state index contributed by atoms with van der Waals surface area (Å²) >= 11 is 2.22. The van der Waals surface area contributed by atoms with Crippen LogP contribution in [0, 0.1) is 9.62 Å². The van der Waals surface area contributed by atoms with Gasteiger partial charge in [-0.1, -0.05) is 12.1 Å². The predicted octanol–water partition coefficient (Wildman–Crippen LogP) is 4.09. The molecule has 0 N–H and O–H groups in total. The number of amides is 1. The summed E-state index contributed by atoms with van der Waals surface area (Å²) < 4.78 is 31.1. The summed E-state index contributed by atoms with van der Waals surface area (Å²) in [5.41, 5.74) is 2.03. The quantitative estimate of drug-likeness (QED) is 0.351. The molecule has 0 saturated carbocycles. The molecular weight excluding hydrogens is 619 g/mol. The van der Waals surface area contributed by atoms with Crippen LogP contribution in [0.5, 0.6) is 0 Å². The number of hydrogen-bond acceptors (Lipinski definition) is 8. The molecule has 0 atom stereocenters. The van der Waals surface area contributed by atoms with Gasteiger partial charge in [-0.25, -0.2) is 27.9 Å². The van der Waals surface area contributed by atoms with E-state index in [1.54, 1.807) is 15.9 Å². The van der Waals surface area contributed by atoms with Gasteiger partial charge in [-0.2, -0.15) is 5.10 Å². The third-order valence-electron chi connectivity index (χ3n) is 6.50. The van der Waals surface area contributed by atoms with Crippen molar-refractivity contribution >= 4 is 55.4 Å². The molecule has 3 aromatic rings. The molecule has 0 spiro atoms. The van der Waals surface area contributed by atoms with Gasteiger partial charge in [0.2, 0.25) is 0 Å². The highest BCUT2D eigenvalue weighted by atomic mass is 127. The molecule has 0 aliphatic carbocycles. The molecular formula is C26H35IN6O4S. The second kappa shape index (κ2) is 11.3. The largest absolute Gasteiger partial charge is 0.444 e. The lowest BCUT2D eigenvalue weighted by atomic mass is 9.96. The van der Waals surface area contributed by atoms with E-state index in [0.717, 1.165) is 51.2 Å². The number of benzene rings is 1. The SMILES string of the molecule is CN(CC1CCN(C(=O)OC(C)(C)C)CC1)c1ncnc2c1c(I)nn2-c1ccc(CCS(C)(=O)=O)cc1. The number of likely N-dealkylation sites (tertiary alicyclic amines) is 1. The minimum absolute atomic E-state index is 0.123. The summed E-state index contributed by atoms with van der Waals surface area (Å²) in [4.78, 5) is 25.5. The van der Waals surface area contributed by atoms with E-state index in [9.17, 15) is 13.2 Å². The summed E-state index contributed by atoms with van der Waals surface area (Å²) in [6, 6.07) is 7.73. The van der Waals surface area contributed by atoms with Crippen LogP contribution >= 0.6 is 22.6 Å². The molecule has 1 aliphatic heterocycles. The van der Waals surface area contributed by atoms with Crippen molar-refractivity contribution in [2.75, 3.05) is 43.6 Å². The molecule has 0 radical (unpaired) electrons. The molecule has 12 heteroatoms. The first-order chi connectivity index (χ1) is 17.8. The number of carbonyl (C=O) groups excluding carboxylic acids is 1. The highest BCUT2D eigenvalue weighted by molar-refractivity contribution is 14.1. The Hall–Kier alpha value is -2.48. The van der Waals surface area contributed by atoms with E-state index in [-0.39, 0.29) is 11.8 Å². The summed E-state index contributed by atoms with van der Waals surface area (Å²) in [5.74, 6) is 1.37. The van der Waals surface area contributed by atoms with E-state index in [2.05, 4.69) is 37.5 Å². The van der Waals surface area contributed by atoms with Crippen LogP contribution in [-0.4, -0.2) is 83.5 Å². The lowest BCUT2D eigenvalue weighted by Gasteiger charge is -2.35. The zero-order valence-electron chi connectivity index (χ0n) is 22.5. The number of aryl methyl sites for hydroxylation is 1. The zero-order valence-corrected chi connectivity index (χ0v) is 25.5. The number of rotatable bonds is 7. The molecule has 3 heterocycles. The second-order valence-electron chi connectivity index (χ2n) is 10.9. The Balaban J connectivity index is 1.46. The van der Waals surface area contributed by atoms with Gasteiger partial charge in [-0.05, 0) is 86.2 Å². The average Bonchev–Trinajstić information content (AvgIpc) is 3.18. The van der Waals surface area contributed by atoms with Gasteiger partial charge in [-0.15, -0.1) is 0 Å². The van der Waals surface area contributed by atoms with Crippen LogP contribution in [-0.2, 0) is 21.0 Å². The normalized spacial score (nSPS) is 15.2. The van der Waals surface area contributed by atoms with Gasteiger partial charge in [-0.3, -0.25) is 0 Å². The summed E-state index contributed by atoms with van der Waals surface area (Å²) in [6.45, 7) is 7.83. The summed E-state index contributed by atoms with van der Waals surface area (Å²) in [5, 5.41) is 5.64. The predicted molar refractivity (Wildman–Crippen MR) is 157 cm³/mol. The summed E-state index contributed by atoms with van der Waals surface area (Å²) in [6.07, 6.45) is 4.85. The van der Waals surface area contributed by atoms with Crippen LogP contribution in [0.25, 0.3) is 16.7 Å². The summed E-state index contributed by atoms with van der Waals surface area (Å²) in [7, 11) is -0.977. The van der Waals surface area contributed by atoms with Crippen molar-refractivity contribution in [1.29, 1.82) is 0 Å². The van der Waals surface area contributed by atoms with Crippen molar-refractivity contribution in [2.24, 2.45) is 5.92 Å². The van der Waals surface area contributed by atoms with Gasteiger partial charge in [0.1, 0.15) is 31.3 Å². The molecule has 206 valence electrons. The number of halogens is 1. The van der Waals surface area contributed by atoms with Crippen molar-refractivity contribution < 1.29 is 17.9 Å². The molecule has 2 aromatic heterocycles. The first-order valence-corrected chi connectivity index (χ1v) is 15.8. The molecule has 4 rings (SSSR count). The number of aromatic nitrogens is 4. The van der Waals surface area contributed by atoms with Crippen molar-refractivity contribution in [3.05, 3.63) is 39.9 Å². The maximum Gasteiger partial charge on any atom is 0.410 e. The maximum absolute atomic E-state index is 12.4. The topological polar surface area (TPSA) is 111 Å². The maximum atomic E-state index is 12.4. The number of fused-ring (bicyclic) bond motifs is 1. The third-order valence-corrected chi connectivity index (χ3v) is 8.21. The van der Waals surface area contributed by atoms with Gasteiger partial charge in [0.25, 0.3) is 0 Å². The molecule has 1 aromatic carbocycles. The molecule has 0 bridgehead atoms. The number of piperidine rings is 1. The number of ether oxygens (including phenoxy) is 1. The molecule has 1 amide bonds. The zero-order chi connectivity index (χ0) is 27.7. The van der Waals surface area contributed by atoms with Gasteiger partial charge in [0.05, 0.1) is 16.8 Å². The van der Waals surface area contributed by atoms with E-state index in [4.69, 9.17) is 9.84 Å². The van der Waals surface area contributed by atoms with Crippen LogP contribution in [0.2, 0.25) is 0 Å². The van der Waals surface area contributed by atoms with Gasteiger partial charge in [0.15, 0.2) is 5.65 Å². The monoisotopic (exact) mass is 654 g/mol. The highest BCUT2D eigenvalue weighted by Gasteiger charge is 2.28. The van der Waals surface area contributed by atoms with Crippen molar-refractivity contribution in [3.8, 4) is 5.69 Å². The fraction of sp³-hybridized carbons (Fsp3) is 0.538. The minimum atomic E-state index is -3.01. The lowest BCUT2D eigenvalue weighted by Crippen LogP contribution is -2.43. The Kier molecular flexibility index (Phi) is 8.50. The molecule has 38 heavy (non-hydrogen) atoms. The van der Waals surface area contributed by atoms with Crippen molar-refractivity contribution in [1.82, 2.24) is 24.6 Å². The van der Waals surface area contributed by atoms with Gasteiger partial charge in [0, 0.05) is 32.9 Å². The molecule has 0 unspecified atom stereocenters. The number of anilines is 1. The van der Waals surface area contributed by atoms with Gasteiger partial charge >= 0.3 is 6.09 Å². The van der Waals surface area contributed by atoms with E-state index in [1.807, 2.05) is 52.1 Å². The first kappa shape index (κ1) is 28.5. The Morgan fingerprint density at radius 3 is 2.42 bits per heavy atom. The third kappa shape index (κ3) is 7.13. The van der Waals surface area contributed by atoms with E-state index in [0.29, 0.717) is 25.4 Å². The number of sulfone groups is 1. The highest BCUT2D eigenvalue weighted by Crippen LogP contribution is 2.30. The van der Waals surface area contributed by atoms with Crippen molar-refractivity contribution in [2.45, 2.75) is 45.6 Å². The average molecular weight is 655 g/mol. The van der Waals surface area contributed by atoms with Crippen molar-refractivity contribution in [3.63, 3.8) is 0 Å². The molecule has 10 nitrogen and oxygen atoms in total. The second-order valence-corrected chi connectivity index (χ2v) is 14.2. The lowest BCUT2D eigenvalue weighted by molar-refractivity contribution is 0.0186. The van der Waals surface area contributed by atoms with Crippen LogP contribution < -0.4 is 4.90 Å². The number of nitrogens with zero attached hydrogens (tertiary/aromatic N) is 6.